The molecular weight excluding hydrogens is 192 g/mol. The number of hydrogen-bond acceptors (Lipinski definition) is 2. The monoisotopic (exact) mass is 206 g/mol. The highest BCUT2D eigenvalue weighted by Gasteiger charge is 2.21. The molecule has 1 aliphatic carbocycles. The summed E-state index contributed by atoms with van der Waals surface area (Å²) in [4.78, 5) is 22.7. The molecule has 15 heavy (non-hydrogen) atoms. The Labute approximate surface area is 87.9 Å². The smallest absolute Gasteiger partial charge is 0.250 e. The van der Waals surface area contributed by atoms with E-state index in [2.05, 4.69) is 5.32 Å². The van der Waals surface area contributed by atoms with Crippen LogP contribution in [0.3, 0.4) is 0 Å². The molecule has 1 saturated carbocycles. The number of pyridine rings is 1. The summed E-state index contributed by atoms with van der Waals surface area (Å²) in [6.45, 7) is 0.868. The molecule has 0 unspecified atom stereocenters. The average Bonchev–Trinajstić information content (AvgIpc) is 3.02. The van der Waals surface area contributed by atoms with Gasteiger partial charge in [-0.25, -0.2) is 0 Å². The number of amides is 1. The lowest BCUT2D eigenvalue weighted by molar-refractivity contribution is -0.121. The lowest BCUT2D eigenvalue weighted by Gasteiger charge is -2.05. The van der Waals surface area contributed by atoms with Crippen LogP contribution in [0.4, 0.5) is 0 Å². The van der Waals surface area contributed by atoms with Gasteiger partial charge in [-0.15, -0.1) is 0 Å². The van der Waals surface area contributed by atoms with Crippen LogP contribution >= 0.6 is 0 Å². The van der Waals surface area contributed by atoms with Crippen LogP contribution in [0.1, 0.15) is 12.8 Å². The van der Waals surface area contributed by atoms with Crippen molar-refractivity contribution >= 4 is 5.91 Å². The van der Waals surface area contributed by atoms with E-state index in [-0.39, 0.29) is 18.0 Å². The van der Waals surface area contributed by atoms with Crippen LogP contribution in [0.5, 0.6) is 0 Å². The van der Waals surface area contributed by atoms with Crippen molar-refractivity contribution in [3.63, 3.8) is 0 Å². The molecule has 2 rings (SSSR count). The molecule has 4 heteroatoms. The van der Waals surface area contributed by atoms with Crippen molar-refractivity contribution in [3.8, 4) is 0 Å². The molecule has 0 aliphatic heterocycles. The van der Waals surface area contributed by atoms with Crippen LogP contribution in [0.2, 0.25) is 0 Å². The second-order valence-corrected chi connectivity index (χ2v) is 3.91. The van der Waals surface area contributed by atoms with Crippen LogP contribution in [0.25, 0.3) is 0 Å². The first-order valence-electron chi connectivity index (χ1n) is 5.18. The lowest BCUT2D eigenvalue weighted by Crippen LogP contribution is -2.32. The van der Waals surface area contributed by atoms with Crippen molar-refractivity contribution in [3.05, 3.63) is 34.7 Å². The van der Waals surface area contributed by atoms with E-state index in [4.69, 9.17) is 0 Å². The van der Waals surface area contributed by atoms with Gasteiger partial charge in [0.15, 0.2) is 0 Å². The molecule has 0 saturated heterocycles. The number of nitrogens with one attached hydrogen (secondary N) is 1. The van der Waals surface area contributed by atoms with Gasteiger partial charge in [-0.3, -0.25) is 9.59 Å². The zero-order chi connectivity index (χ0) is 10.7. The van der Waals surface area contributed by atoms with E-state index in [1.807, 2.05) is 0 Å². The predicted octanol–water partition coefficient (Wildman–Crippen LogP) is 0.374. The zero-order valence-electron chi connectivity index (χ0n) is 8.48. The number of carbonyl (C=O) groups excluding carboxylic acids is 1. The minimum absolute atomic E-state index is 0.0878. The van der Waals surface area contributed by atoms with Crippen molar-refractivity contribution in [1.82, 2.24) is 9.88 Å². The normalized spacial score (nSPS) is 14.9. The Morgan fingerprint density at radius 3 is 2.93 bits per heavy atom. The summed E-state index contributed by atoms with van der Waals surface area (Å²) in [5.41, 5.74) is -0.140. The van der Waals surface area contributed by atoms with Gasteiger partial charge in [0.05, 0.1) is 0 Å². The molecule has 1 aromatic heterocycles. The minimum Gasteiger partial charge on any atom is -0.354 e. The van der Waals surface area contributed by atoms with E-state index in [0.717, 1.165) is 6.54 Å². The summed E-state index contributed by atoms with van der Waals surface area (Å²) < 4.78 is 1.40. The van der Waals surface area contributed by atoms with Crippen LogP contribution in [-0.2, 0) is 11.3 Å². The first-order valence-corrected chi connectivity index (χ1v) is 5.18. The number of aromatic nitrogens is 1. The van der Waals surface area contributed by atoms with Crippen LogP contribution in [-0.4, -0.2) is 17.0 Å². The van der Waals surface area contributed by atoms with Crippen molar-refractivity contribution in [2.75, 3.05) is 6.54 Å². The summed E-state index contributed by atoms with van der Waals surface area (Å²) in [5, 5.41) is 2.82. The molecule has 1 amide bonds. The van der Waals surface area contributed by atoms with Crippen molar-refractivity contribution in [1.29, 1.82) is 0 Å². The molecule has 80 valence electrons. The van der Waals surface area contributed by atoms with E-state index in [1.165, 1.54) is 23.5 Å². The highest BCUT2D eigenvalue weighted by Crippen LogP contribution is 2.27. The highest BCUT2D eigenvalue weighted by atomic mass is 16.2. The Bertz CT molecular complexity index is 407. The van der Waals surface area contributed by atoms with Gasteiger partial charge in [0, 0.05) is 18.8 Å². The first-order chi connectivity index (χ1) is 7.25. The highest BCUT2D eigenvalue weighted by molar-refractivity contribution is 5.75. The Hall–Kier alpha value is -1.58. The largest absolute Gasteiger partial charge is 0.354 e. The standard InChI is InChI=1S/C11H14N2O2/c14-10(12-7-9-4-5-9)8-13-6-2-1-3-11(13)15/h1-3,6,9H,4-5,7-8H2,(H,12,14). The van der Waals surface area contributed by atoms with Crippen LogP contribution in [0.15, 0.2) is 29.2 Å². The van der Waals surface area contributed by atoms with E-state index in [0.29, 0.717) is 5.92 Å². The van der Waals surface area contributed by atoms with Gasteiger partial charge in [-0.2, -0.15) is 0 Å². The fourth-order valence-electron chi connectivity index (χ4n) is 1.38. The Morgan fingerprint density at radius 2 is 2.27 bits per heavy atom. The third kappa shape index (κ3) is 2.94. The summed E-state index contributed by atoms with van der Waals surface area (Å²) in [6.07, 6.45) is 4.05. The fourth-order valence-corrected chi connectivity index (χ4v) is 1.38. The Kier molecular flexibility index (Phi) is 2.85. The number of nitrogens with zero attached hydrogens (tertiary/aromatic N) is 1. The Morgan fingerprint density at radius 1 is 1.47 bits per heavy atom. The van der Waals surface area contributed by atoms with Gasteiger partial charge in [-0.05, 0) is 24.8 Å². The van der Waals surface area contributed by atoms with Crippen LogP contribution < -0.4 is 10.9 Å². The fraction of sp³-hybridized carbons (Fsp3) is 0.455. The lowest BCUT2D eigenvalue weighted by atomic mass is 10.4. The summed E-state index contributed by atoms with van der Waals surface area (Å²) in [7, 11) is 0. The van der Waals surface area contributed by atoms with E-state index < -0.39 is 0 Å². The zero-order valence-corrected chi connectivity index (χ0v) is 8.48. The van der Waals surface area contributed by atoms with Gasteiger partial charge in [0.1, 0.15) is 6.54 Å². The quantitative estimate of drug-likeness (QED) is 0.774. The van der Waals surface area contributed by atoms with Gasteiger partial charge in [0.2, 0.25) is 5.91 Å². The van der Waals surface area contributed by atoms with Crippen molar-refractivity contribution < 1.29 is 4.79 Å². The molecular formula is C11H14N2O2. The molecule has 4 nitrogen and oxygen atoms in total. The van der Waals surface area contributed by atoms with Crippen molar-refractivity contribution in [2.45, 2.75) is 19.4 Å². The van der Waals surface area contributed by atoms with Crippen LogP contribution in [0, 0.1) is 5.92 Å². The summed E-state index contributed by atoms with van der Waals surface area (Å²) in [6, 6.07) is 4.87. The third-order valence-electron chi connectivity index (χ3n) is 2.50. The molecule has 1 aliphatic rings. The van der Waals surface area contributed by atoms with E-state index in [9.17, 15) is 9.59 Å². The molecule has 1 N–H and O–H groups in total. The third-order valence-corrected chi connectivity index (χ3v) is 2.50. The maximum absolute atomic E-state index is 11.4. The van der Waals surface area contributed by atoms with E-state index >= 15 is 0 Å². The minimum atomic E-state index is -0.140. The molecule has 0 spiro atoms. The van der Waals surface area contributed by atoms with E-state index in [1.54, 1.807) is 18.3 Å². The molecule has 0 bridgehead atoms. The molecule has 1 heterocycles. The number of hydrogen-bond donors (Lipinski definition) is 1. The first kappa shape index (κ1) is 9.96. The predicted molar refractivity (Wildman–Crippen MR) is 56.4 cm³/mol. The molecule has 0 radical (unpaired) electrons. The maximum atomic E-state index is 11.4. The summed E-state index contributed by atoms with van der Waals surface area (Å²) >= 11 is 0. The SMILES string of the molecule is O=C(Cn1ccccc1=O)NCC1CC1. The topological polar surface area (TPSA) is 51.1 Å². The Balaban J connectivity index is 1.87. The molecule has 0 aromatic carbocycles. The van der Waals surface area contributed by atoms with Gasteiger partial charge < -0.3 is 9.88 Å². The molecule has 1 fully saturated rings. The molecule has 0 atom stereocenters. The number of rotatable bonds is 4. The summed E-state index contributed by atoms with van der Waals surface area (Å²) in [5.74, 6) is 0.580. The maximum Gasteiger partial charge on any atom is 0.250 e. The van der Waals surface area contributed by atoms with Gasteiger partial charge >= 0.3 is 0 Å². The average molecular weight is 206 g/mol. The van der Waals surface area contributed by atoms with Crippen molar-refractivity contribution in [2.24, 2.45) is 5.92 Å². The second kappa shape index (κ2) is 4.29. The number of carbonyl (C=O) groups is 1. The van der Waals surface area contributed by atoms with Gasteiger partial charge in [0.25, 0.3) is 5.56 Å². The molecule has 1 aromatic rings. The second-order valence-electron chi connectivity index (χ2n) is 3.91. The van der Waals surface area contributed by atoms with Gasteiger partial charge in [-0.1, -0.05) is 6.07 Å².